The number of nitro benzene ring substituents is 1. The Balaban J connectivity index is 2.85. The van der Waals surface area contributed by atoms with Crippen LogP contribution in [-0.4, -0.2) is 24.8 Å². The lowest BCUT2D eigenvalue weighted by Crippen LogP contribution is -2.17. The van der Waals surface area contributed by atoms with Crippen LogP contribution in [0.2, 0.25) is 0 Å². The molecule has 0 spiro atoms. The van der Waals surface area contributed by atoms with Crippen molar-refractivity contribution in [2.75, 3.05) is 11.5 Å². The van der Waals surface area contributed by atoms with E-state index in [0.717, 1.165) is 4.90 Å². The normalized spacial score (nSPS) is 11.5. The van der Waals surface area contributed by atoms with Crippen LogP contribution in [0.15, 0.2) is 21.5 Å². The molecule has 100 valence electrons. The lowest BCUT2D eigenvalue weighted by molar-refractivity contribution is -0.385. The van der Waals surface area contributed by atoms with Gasteiger partial charge < -0.3 is 0 Å². The second kappa shape index (κ2) is 6.00. The van der Waals surface area contributed by atoms with Crippen molar-refractivity contribution < 1.29 is 13.3 Å². The Bertz CT molecular complexity index is 574. The Kier molecular flexibility index (Phi) is 5.14. The first-order valence-corrected chi connectivity index (χ1v) is 8.28. The van der Waals surface area contributed by atoms with E-state index in [1.165, 1.54) is 17.8 Å². The fraction of sp³-hybridized carbons (Fsp3) is 0.333. The number of rotatable bonds is 5. The van der Waals surface area contributed by atoms with Crippen molar-refractivity contribution in [1.82, 2.24) is 0 Å². The van der Waals surface area contributed by atoms with Gasteiger partial charge in [0.15, 0.2) is 0 Å². The molecule has 1 aromatic carbocycles. The molecule has 1 rings (SSSR count). The number of hydrogen-bond donors (Lipinski definition) is 1. The summed E-state index contributed by atoms with van der Waals surface area (Å²) in [6, 6.07) is 3.06. The number of nitrogens with zero attached hydrogens (tertiary/aromatic N) is 1. The minimum Gasteiger partial charge on any atom is -0.258 e. The smallest absolute Gasteiger partial charge is 0.258 e. The maximum absolute atomic E-state index is 10.8. The van der Waals surface area contributed by atoms with Gasteiger partial charge in [0.25, 0.3) is 5.69 Å². The number of halogens is 1. The number of primary sulfonamides is 1. The Morgan fingerprint density at radius 1 is 1.50 bits per heavy atom. The van der Waals surface area contributed by atoms with Gasteiger partial charge in [0.2, 0.25) is 10.0 Å². The average Bonchev–Trinajstić information content (AvgIpc) is 2.20. The fourth-order valence-corrected chi connectivity index (χ4v) is 3.83. The van der Waals surface area contributed by atoms with Gasteiger partial charge >= 0.3 is 0 Å². The molecule has 9 heteroatoms. The summed E-state index contributed by atoms with van der Waals surface area (Å²) in [7, 11) is -3.48. The molecule has 0 unspecified atom stereocenters. The molecule has 0 fully saturated rings. The molecule has 0 aliphatic rings. The van der Waals surface area contributed by atoms with Crippen molar-refractivity contribution in [1.29, 1.82) is 0 Å². The first-order valence-electron chi connectivity index (χ1n) is 4.78. The third-order valence-corrected chi connectivity index (χ3v) is 5.08. The molecule has 0 aromatic heterocycles. The molecule has 6 nitrogen and oxygen atoms in total. The zero-order chi connectivity index (χ0) is 13.9. The number of thioether (sulfide) groups is 1. The topological polar surface area (TPSA) is 103 Å². The van der Waals surface area contributed by atoms with E-state index in [2.05, 4.69) is 15.9 Å². The highest BCUT2D eigenvalue weighted by Crippen LogP contribution is 2.33. The van der Waals surface area contributed by atoms with Crippen LogP contribution >= 0.6 is 27.7 Å². The number of sulfonamides is 1. The van der Waals surface area contributed by atoms with Gasteiger partial charge in [-0.2, -0.15) is 0 Å². The number of nitro groups is 1. The van der Waals surface area contributed by atoms with Crippen LogP contribution in [-0.2, 0) is 10.0 Å². The van der Waals surface area contributed by atoms with Gasteiger partial charge in [0.1, 0.15) is 0 Å². The molecular weight excluding hydrogens is 344 g/mol. The summed E-state index contributed by atoms with van der Waals surface area (Å²) in [5, 5.41) is 15.6. The Labute approximate surface area is 117 Å². The Hall–Kier alpha value is -0.640. The van der Waals surface area contributed by atoms with E-state index < -0.39 is 14.9 Å². The highest BCUT2D eigenvalue weighted by Gasteiger charge is 2.14. The van der Waals surface area contributed by atoms with Crippen molar-refractivity contribution in [3.8, 4) is 0 Å². The number of nitrogens with two attached hydrogens (primary N) is 1. The van der Waals surface area contributed by atoms with Crippen LogP contribution in [0.5, 0.6) is 0 Å². The third-order valence-electron chi connectivity index (χ3n) is 2.07. The quantitative estimate of drug-likeness (QED) is 0.495. The summed E-state index contributed by atoms with van der Waals surface area (Å²) in [6.07, 6.45) is 0. The van der Waals surface area contributed by atoms with E-state index >= 15 is 0 Å². The molecule has 18 heavy (non-hydrogen) atoms. The van der Waals surface area contributed by atoms with Crippen LogP contribution in [0.1, 0.15) is 5.56 Å². The number of benzene rings is 1. The molecule has 0 atom stereocenters. The largest absolute Gasteiger partial charge is 0.273 e. The molecule has 0 bridgehead atoms. The lowest BCUT2D eigenvalue weighted by atomic mass is 10.2. The van der Waals surface area contributed by atoms with E-state index in [1.807, 2.05) is 0 Å². The SMILES string of the molecule is Cc1cc(SCCS(N)(=O)=O)c(Br)cc1[N+](=O)[O-]. The minimum absolute atomic E-state index is 0.0256. The summed E-state index contributed by atoms with van der Waals surface area (Å²) >= 11 is 4.50. The molecule has 0 aliphatic heterocycles. The third kappa shape index (κ3) is 4.56. The second-order valence-electron chi connectivity index (χ2n) is 3.54. The van der Waals surface area contributed by atoms with E-state index in [9.17, 15) is 18.5 Å². The van der Waals surface area contributed by atoms with Crippen molar-refractivity contribution >= 4 is 43.4 Å². The van der Waals surface area contributed by atoms with Crippen LogP contribution in [0.3, 0.4) is 0 Å². The molecule has 0 saturated heterocycles. The zero-order valence-corrected chi connectivity index (χ0v) is 12.6. The van der Waals surface area contributed by atoms with Gasteiger partial charge in [0, 0.05) is 26.8 Å². The van der Waals surface area contributed by atoms with Crippen LogP contribution in [0.25, 0.3) is 0 Å². The minimum atomic E-state index is -3.48. The standard InChI is InChI=1S/C9H11BrN2O4S2/c1-6-4-9(17-2-3-18(11,15)16)7(10)5-8(6)12(13)14/h4-5H,2-3H2,1H3,(H2,11,15,16). The summed E-state index contributed by atoms with van der Waals surface area (Å²) in [5.74, 6) is 0.162. The predicted octanol–water partition coefficient (Wildman–Crippen LogP) is 2.05. The molecule has 1 aromatic rings. The van der Waals surface area contributed by atoms with Gasteiger partial charge in [-0.05, 0) is 28.9 Å². The lowest BCUT2D eigenvalue weighted by Gasteiger charge is -2.06. The fourth-order valence-electron chi connectivity index (χ4n) is 1.22. The molecular formula is C9H11BrN2O4S2. The maximum atomic E-state index is 10.8. The van der Waals surface area contributed by atoms with Crippen molar-refractivity contribution in [3.05, 3.63) is 32.3 Å². The van der Waals surface area contributed by atoms with E-state index in [0.29, 0.717) is 15.8 Å². The van der Waals surface area contributed by atoms with Gasteiger partial charge in [0.05, 0.1) is 10.7 Å². The van der Waals surface area contributed by atoms with Gasteiger partial charge in [-0.15, -0.1) is 11.8 Å². The number of hydrogen-bond acceptors (Lipinski definition) is 5. The van der Waals surface area contributed by atoms with Crippen LogP contribution in [0.4, 0.5) is 5.69 Å². The molecule has 0 amide bonds. The van der Waals surface area contributed by atoms with E-state index in [1.54, 1.807) is 13.0 Å². The molecule has 2 N–H and O–H groups in total. The summed E-state index contributed by atoms with van der Waals surface area (Å²) < 4.78 is 22.1. The number of aryl methyl sites for hydroxylation is 1. The van der Waals surface area contributed by atoms with Gasteiger partial charge in [-0.3, -0.25) is 10.1 Å². The second-order valence-corrected chi connectivity index (χ2v) is 7.27. The monoisotopic (exact) mass is 354 g/mol. The van der Waals surface area contributed by atoms with Gasteiger partial charge in [-0.1, -0.05) is 0 Å². The summed E-state index contributed by atoms with van der Waals surface area (Å²) in [4.78, 5) is 11.0. The maximum Gasteiger partial charge on any atom is 0.273 e. The zero-order valence-electron chi connectivity index (χ0n) is 9.42. The van der Waals surface area contributed by atoms with Crippen LogP contribution in [0, 0.1) is 17.0 Å². The average molecular weight is 355 g/mol. The highest BCUT2D eigenvalue weighted by atomic mass is 79.9. The van der Waals surface area contributed by atoms with E-state index in [-0.39, 0.29) is 11.4 Å². The molecule has 0 heterocycles. The van der Waals surface area contributed by atoms with Crippen molar-refractivity contribution in [2.24, 2.45) is 5.14 Å². The highest BCUT2D eigenvalue weighted by molar-refractivity contribution is 9.10. The first kappa shape index (κ1) is 15.4. The molecule has 0 saturated carbocycles. The molecule has 0 aliphatic carbocycles. The van der Waals surface area contributed by atoms with Crippen molar-refractivity contribution in [2.45, 2.75) is 11.8 Å². The van der Waals surface area contributed by atoms with Crippen LogP contribution < -0.4 is 5.14 Å². The van der Waals surface area contributed by atoms with Crippen molar-refractivity contribution in [3.63, 3.8) is 0 Å². The van der Waals surface area contributed by atoms with Gasteiger partial charge in [-0.25, -0.2) is 13.6 Å². The Morgan fingerprint density at radius 2 is 2.11 bits per heavy atom. The summed E-state index contributed by atoms with van der Waals surface area (Å²) in [6.45, 7) is 1.63. The Morgan fingerprint density at radius 3 is 2.61 bits per heavy atom. The predicted molar refractivity (Wildman–Crippen MR) is 74.2 cm³/mol. The molecule has 0 radical (unpaired) electrons. The first-order chi connectivity index (χ1) is 8.20. The summed E-state index contributed by atoms with van der Waals surface area (Å²) in [5.41, 5.74) is 0.555. The van der Waals surface area contributed by atoms with E-state index in [4.69, 9.17) is 5.14 Å².